The van der Waals surface area contributed by atoms with E-state index in [4.69, 9.17) is 0 Å². The molecule has 1 aromatic heterocycles. The molecule has 2 atom stereocenters. The van der Waals surface area contributed by atoms with Crippen LogP contribution in [-0.4, -0.2) is 39.2 Å². The highest BCUT2D eigenvalue weighted by atomic mass is 16.6. The van der Waals surface area contributed by atoms with Crippen LogP contribution in [0.2, 0.25) is 0 Å². The van der Waals surface area contributed by atoms with Gasteiger partial charge >= 0.3 is 5.69 Å². The molecule has 21 heavy (non-hydrogen) atoms. The number of nitrogens with zero attached hydrogens (tertiary/aromatic N) is 3. The molecule has 1 fully saturated rings. The van der Waals surface area contributed by atoms with Gasteiger partial charge in [-0.2, -0.15) is 4.98 Å². The predicted octanol–water partition coefficient (Wildman–Crippen LogP) is 1.78. The fraction of sp³-hybridized carbons (Fsp3) is 0.692. The number of nitrogens with one attached hydrogen (secondary N) is 2. The maximum absolute atomic E-state index is 11.0. The Morgan fingerprint density at radius 3 is 2.95 bits per heavy atom. The van der Waals surface area contributed by atoms with Gasteiger partial charge < -0.3 is 15.7 Å². The van der Waals surface area contributed by atoms with Crippen molar-refractivity contribution in [2.45, 2.75) is 38.7 Å². The molecule has 0 aromatic carbocycles. The van der Waals surface area contributed by atoms with E-state index >= 15 is 0 Å². The summed E-state index contributed by atoms with van der Waals surface area (Å²) in [4.78, 5) is 18.6. The van der Waals surface area contributed by atoms with E-state index in [-0.39, 0.29) is 17.6 Å². The van der Waals surface area contributed by atoms with Crippen LogP contribution in [-0.2, 0) is 0 Å². The van der Waals surface area contributed by atoms with Crippen molar-refractivity contribution in [1.82, 2.24) is 9.97 Å². The minimum atomic E-state index is -0.492. The van der Waals surface area contributed by atoms with Crippen molar-refractivity contribution in [3.63, 3.8) is 0 Å². The van der Waals surface area contributed by atoms with Crippen LogP contribution in [0.25, 0.3) is 0 Å². The lowest BCUT2D eigenvalue weighted by atomic mass is 9.87. The molecule has 8 heteroatoms. The molecule has 0 aliphatic heterocycles. The van der Waals surface area contributed by atoms with E-state index in [0.717, 1.165) is 25.7 Å². The van der Waals surface area contributed by atoms with Crippen molar-refractivity contribution >= 4 is 17.5 Å². The number of nitro groups is 1. The highest BCUT2D eigenvalue weighted by Crippen LogP contribution is 2.26. The van der Waals surface area contributed by atoms with Gasteiger partial charge in [-0.05, 0) is 32.1 Å². The minimum absolute atomic E-state index is 0.131. The van der Waals surface area contributed by atoms with E-state index in [1.807, 2.05) is 6.92 Å². The number of rotatable bonds is 6. The molecule has 1 aromatic rings. The van der Waals surface area contributed by atoms with E-state index in [1.54, 1.807) is 0 Å². The first-order valence-electron chi connectivity index (χ1n) is 7.27. The van der Waals surface area contributed by atoms with Crippen LogP contribution in [0.5, 0.6) is 0 Å². The topological polar surface area (TPSA) is 113 Å². The SMILES string of the molecule is CCNc1ncc([N+](=O)[O-])c(NCC2CCCC(O)C2)n1. The quantitative estimate of drug-likeness (QED) is 0.541. The number of hydrogen-bond acceptors (Lipinski definition) is 7. The molecule has 3 N–H and O–H groups in total. The Labute approximate surface area is 123 Å². The molecular weight excluding hydrogens is 274 g/mol. The summed E-state index contributed by atoms with van der Waals surface area (Å²) in [5.74, 6) is 0.909. The third-order valence-corrected chi connectivity index (χ3v) is 3.61. The third kappa shape index (κ3) is 4.25. The van der Waals surface area contributed by atoms with Crippen molar-refractivity contribution in [2.24, 2.45) is 5.92 Å². The first-order chi connectivity index (χ1) is 10.1. The number of aliphatic hydroxyl groups is 1. The van der Waals surface area contributed by atoms with Gasteiger partial charge in [0.05, 0.1) is 11.0 Å². The largest absolute Gasteiger partial charge is 0.393 e. The molecule has 1 aliphatic rings. The second-order valence-corrected chi connectivity index (χ2v) is 5.28. The van der Waals surface area contributed by atoms with Gasteiger partial charge in [-0.3, -0.25) is 10.1 Å². The molecule has 0 bridgehead atoms. The lowest BCUT2D eigenvalue weighted by molar-refractivity contribution is -0.384. The zero-order valence-electron chi connectivity index (χ0n) is 12.1. The summed E-state index contributed by atoms with van der Waals surface area (Å²) in [6.45, 7) is 3.12. The molecule has 1 aliphatic carbocycles. The van der Waals surface area contributed by atoms with Crippen molar-refractivity contribution in [1.29, 1.82) is 0 Å². The third-order valence-electron chi connectivity index (χ3n) is 3.61. The maximum Gasteiger partial charge on any atom is 0.329 e. The lowest BCUT2D eigenvalue weighted by Crippen LogP contribution is -2.25. The van der Waals surface area contributed by atoms with Crippen LogP contribution >= 0.6 is 0 Å². The predicted molar refractivity (Wildman–Crippen MR) is 79.3 cm³/mol. The van der Waals surface area contributed by atoms with E-state index in [1.165, 1.54) is 6.20 Å². The van der Waals surface area contributed by atoms with Crippen LogP contribution < -0.4 is 10.6 Å². The fourth-order valence-electron chi connectivity index (χ4n) is 2.57. The normalized spacial score (nSPS) is 21.8. The summed E-state index contributed by atoms with van der Waals surface area (Å²) < 4.78 is 0. The second-order valence-electron chi connectivity index (χ2n) is 5.28. The Morgan fingerprint density at radius 2 is 2.29 bits per heavy atom. The van der Waals surface area contributed by atoms with Crippen molar-refractivity contribution in [3.05, 3.63) is 16.3 Å². The van der Waals surface area contributed by atoms with Crippen LogP contribution in [0.3, 0.4) is 0 Å². The van der Waals surface area contributed by atoms with Gasteiger partial charge in [-0.25, -0.2) is 4.98 Å². The minimum Gasteiger partial charge on any atom is -0.393 e. The van der Waals surface area contributed by atoms with Gasteiger partial charge in [0.15, 0.2) is 0 Å². The number of anilines is 2. The standard InChI is InChI=1S/C13H21N5O3/c1-2-14-13-16-8-11(18(20)21)12(17-13)15-7-9-4-3-5-10(19)6-9/h8-10,19H,2-7H2,1H3,(H2,14,15,16,17). The van der Waals surface area contributed by atoms with Gasteiger partial charge in [0.1, 0.15) is 6.20 Å². The summed E-state index contributed by atoms with van der Waals surface area (Å²) in [5.41, 5.74) is -0.131. The Balaban J connectivity index is 2.05. The Morgan fingerprint density at radius 1 is 1.48 bits per heavy atom. The van der Waals surface area contributed by atoms with Crippen molar-refractivity contribution in [3.8, 4) is 0 Å². The molecule has 0 radical (unpaired) electrons. The van der Waals surface area contributed by atoms with E-state index in [9.17, 15) is 15.2 Å². The molecule has 0 amide bonds. The van der Waals surface area contributed by atoms with Gasteiger partial charge in [0.2, 0.25) is 11.8 Å². The smallest absolute Gasteiger partial charge is 0.329 e. The molecule has 1 saturated carbocycles. The molecule has 8 nitrogen and oxygen atoms in total. The van der Waals surface area contributed by atoms with Crippen LogP contribution in [0.1, 0.15) is 32.6 Å². The van der Waals surface area contributed by atoms with Gasteiger partial charge in [0.25, 0.3) is 0 Å². The zero-order valence-corrected chi connectivity index (χ0v) is 12.1. The Hall–Kier alpha value is -1.96. The monoisotopic (exact) mass is 295 g/mol. The van der Waals surface area contributed by atoms with Crippen molar-refractivity contribution in [2.75, 3.05) is 23.7 Å². The summed E-state index contributed by atoms with van der Waals surface area (Å²) >= 11 is 0. The number of aliphatic hydroxyl groups excluding tert-OH is 1. The lowest BCUT2D eigenvalue weighted by Gasteiger charge is -2.26. The molecule has 1 heterocycles. The number of aromatic nitrogens is 2. The fourth-order valence-corrected chi connectivity index (χ4v) is 2.57. The summed E-state index contributed by atoms with van der Waals surface area (Å²) in [6, 6.07) is 0. The molecule has 2 unspecified atom stereocenters. The summed E-state index contributed by atoms with van der Waals surface area (Å²) in [7, 11) is 0. The first kappa shape index (κ1) is 15.4. The van der Waals surface area contributed by atoms with E-state index < -0.39 is 4.92 Å². The van der Waals surface area contributed by atoms with Crippen LogP contribution in [0.4, 0.5) is 17.5 Å². The number of hydrogen-bond donors (Lipinski definition) is 3. The average Bonchev–Trinajstić information content (AvgIpc) is 2.45. The first-order valence-corrected chi connectivity index (χ1v) is 7.27. The zero-order chi connectivity index (χ0) is 15.2. The van der Waals surface area contributed by atoms with Crippen LogP contribution in [0.15, 0.2) is 6.20 Å². The molecule has 116 valence electrons. The Bertz CT molecular complexity index is 497. The molecule has 2 rings (SSSR count). The van der Waals surface area contributed by atoms with Crippen molar-refractivity contribution < 1.29 is 10.0 Å². The maximum atomic E-state index is 11.0. The molecule has 0 saturated heterocycles. The van der Waals surface area contributed by atoms with Gasteiger partial charge in [0, 0.05) is 13.1 Å². The average molecular weight is 295 g/mol. The molecular formula is C13H21N5O3. The van der Waals surface area contributed by atoms with E-state index in [0.29, 0.717) is 25.0 Å². The van der Waals surface area contributed by atoms with Crippen LogP contribution in [0, 0.1) is 16.0 Å². The molecule has 0 spiro atoms. The van der Waals surface area contributed by atoms with E-state index in [2.05, 4.69) is 20.6 Å². The Kier molecular flexibility index (Phi) is 5.26. The van der Waals surface area contributed by atoms with Gasteiger partial charge in [-0.15, -0.1) is 0 Å². The highest BCUT2D eigenvalue weighted by Gasteiger charge is 2.22. The summed E-state index contributed by atoms with van der Waals surface area (Å²) in [6.07, 6.45) is 4.53. The van der Waals surface area contributed by atoms with Gasteiger partial charge in [-0.1, -0.05) is 6.42 Å². The second kappa shape index (κ2) is 7.16. The highest BCUT2D eigenvalue weighted by molar-refractivity contribution is 5.56. The summed E-state index contributed by atoms with van der Waals surface area (Å²) in [5, 5.41) is 26.7.